The van der Waals surface area contributed by atoms with Crippen molar-refractivity contribution in [3.05, 3.63) is 34.1 Å². The fourth-order valence-electron chi connectivity index (χ4n) is 2.79. The van der Waals surface area contributed by atoms with E-state index in [-0.39, 0.29) is 11.5 Å². The largest absolute Gasteiger partial charge is 0.352 e. The van der Waals surface area contributed by atoms with E-state index < -0.39 is 5.82 Å². The summed E-state index contributed by atoms with van der Waals surface area (Å²) in [5, 5.41) is 2.86. The molecule has 2 rings (SSSR count). The molecule has 0 aliphatic heterocycles. The topological polar surface area (TPSA) is 29.1 Å². The molecule has 2 atom stereocenters. The van der Waals surface area contributed by atoms with E-state index in [1.54, 1.807) is 12.1 Å². The lowest BCUT2D eigenvalue weighted by molar-refractivity contribution is 0.0936. The SMILES string of the molecule is CC1CCCC(CNC(=O)c2c(F)cccc2Br)C1. The Hall–Kier alpha value is -0.900. The van der Waals surface area contributed by atoms with Crippen LogP contribution in [0.5, 0.6) is 0 Å². The van der Waals surface area contributed by atoms with Crippen molar-refractivity contribution in [2.75, 3.05) is 6.54 Å². The van der Waals surface area contributed by atoms with Gasteiger partial charge in [0.25, 0.3) is 5.91 Å². The van der Waals surface area contributed by atoms with Gasteiger partial charge in [-0.1, -0.05) is 25.8 Å². The zero-order valence-electron chi connectivity index (χ0n) is 11.1. The molecule has 1 aromatic carbocycles. The summed E-state index contributed by atoms with van der Waals surface area (Å²) in [6, 6.07) is 4.57. The van der Waals surface area contributed by atoms with Gasteiger partial charge in [0.15, 0.2) is 0 Å². The average molecular weight is 328 g/mol. The van der Waals surface area contributed by atoms with Crippen molar-refractivity contribution in [2.24, 2.45) is 11.8 Å². The van der Waals surface area contributed by atoms with Crippen LogP contribution in [-0.2, 0) is 0 Å². The maximum absolute atomic E-state index is 13.6. The Labute approximate surface area is 121 Å². The van der Waals surface area contributed by atoms with Crippen LogP contribution in [0.4, 0.5) is 4.39 Å². The molecular formula is C15H19BrFNO. The van der Waals surface area contributed by atoms with E-state index in [1.165, 1.54) is 18.9 Å². The molecule has 1 aromatic rings. The summed E-state index contributed by atoms with van der Waals surface area (Å²) < 4.78 is 14.1. The van der Waals surface area contributed by atoms with Crippen LogP contribution in [0.15, 0.2) is 22.7 Å². The second-order valence-corrected chi connectivity index (χ2v) is 6.30. The number of nitrogens with one attached hydrogen (secondary N) is 1. The van der Waals surface area contributed by atoms with Crippen LogP contribution in [0.25, 0.3) is 0 Å². The predicted molar refractivity (Wildman–Crippen MR) is 77.6 cm³/mol. The molecule has 2 nitrogen and oxygen atoms in total. The molecule has 1 fully saturated rings. The van der Waals surface area contributed by atoms with Crippen LogP contribution in [0, 0.1) is 17.7 Å². The van der Waals surface area contributed by atoms with E-state index in [0.29, 0.717) is 16.9 Å². The Balaban J connectivity index is 1.94. The Kier molecular flexibility index (Phi) is 4.97. The van der Waals surface area contributed by atoms with E-state index in [2.05, 4.69) is 28.2 Å². The number of benzene rings is 1. The van der Waals surface area contributed by atoms with Crippen LogP contribution in [0.1, 0.15) is 43.0 Å². The van der Waals surface area contributed by atoms with Crippen molar-refractivity contribution in [1.29, 1.82) is 0 Å². The van der Waals surface area contributed by atoms with Gasteiger partial charge in [-0.2, -0.15) is 0 Å². The quantitative estimate of drug-likeness (QED) is 0.887. The molecule has 1 N–H and O–H groups in total. The van der Waals surface area contributed by atoms with E-state index in [0.717, 1.165) is 18.8 Å². The van der Waals surface area contributed by atoms with Gasteiger partial charge < -0.3 is 5.32 Å². The fourth-order valence-corrected chi connectivity index (χ4v) is 3.31. The van der Waals surface area contributed by atoms with Crippen LogP contribution in [-0.4, -0.2) is 12.5 Å². The molecule has 0 heterocycles. The molecular weight excluding hydrogens is 309 g/mol. The van der Waals surface area contributed by atoms with Gasteiger partial charge in [-0.05, 0) is 52.7 Å². The van der Waals surface area contributed by atoms with Gasteiger partial charge in [0, 0.05) is 11.0 Å². The molecule has 1 amide bonds. The first-order valence-electron chi connectivity index (χ1n) is 6.80. The highest BCUT2D eigenvalue weighted by molar-refractivity contribution is 9.10. The maximum atomic E-state index is 13.6. The van der Waals surface area contributed by atoms with Crippen molar-refractivity contribution in [1.82, 2.24) is 5.32 Å². The predicted octanol–water partition coefficient (Wildman–Crippen LogP) is 4.14. The molecule has 0 radical (unpaired) electrons. The van der Waals surface area contributed by atoms with Crippen molar-refractivity contribution < 1.29 is 9.18 Å². The first-order chi connectivity index (χ1) is 9.08. The number of hydrogen-bond donors (Lipinski definition) is 1. The summed E-state index contributed by atoms with van der Waals surface area (Å²) in [6.07, 6.45) is 4.82. The summed E-state index contributed by atoms with van der Waals surface area (Å²) in [5.74, 6) is 0.446. The van der Waals surface area contributed by atoms with Gasteiger partial charge in [0.05, 0.1) is 5.56 Å². The van der Waals surface area contributed by atoms with Crippen LogP contribution in [0.2, 0.25) is 0 Å². The Morgan fingerprint density at radius 2 is 2.26 bits per heavy atom. The number of hydrogen-bond acceptors (Lipinski definition) is 1. The smallest absolute Gasteiger partial charge is 0.255 e. The minimum Gasteiger partial charge on any atom is -0.352 e. The lowest BCUT2D eigenvalue weighted by atomic mass is 9.82. The van der Waals surface area contributed by atoms with Gasteiger partial charge in [0.1, 0.15) is 5.82 Å². The molecule has 19 heavy (non-hydrogen) atoms. The molecule has 2 unspecified atom stereocenters. The van der Waals surface area contributed by atoms with Crippen LogP contribution in [0.3, 0.4) is 0 Å². The molecule has 104 valence electrons. The fraction of sp³-hybridized carbons (Fsp3) is 0.533. The van der Waals surface area contributed by atoms with Crippen LogP contribution >= 0.6 is 15.9 Å². The van der Waals surface area contributed by atoms with Gasteiger partial charge in [-0.25, -0.2) is 4.39 Å². The highest BCUT2D eigenvalue weighted by Crippen LogP contribution is 2.28. The second-order valence-electron chi connectivity index (χ2n) is 5.44. The molecule has 0 bridgehead atoms. The third-order valence-corrected chi connectivity index (χ3v) is 4.45. The number of halogens is 2. The monoisotopic (exact) mass is 327 g/mol. The number of carbonyl (C=O) groups is 1. The summed E-state index contributed by atoms with van der Waals surface area (Å²) >= 11 is 3.22. The van der Waals surface area contributed by atoms with Crippen molar-refractivity contribution in [3.8, 4) is 0 Å². The minimum absolute atomic E-state index is 0.103. The lowest BCUT2D eigenvalue weighted by Crippen LogP contribution is -2.32. The molecule has 1 aliphatic carbocycles. The van der Waals surface area contributed by atoms with Gasteiger partial charge in [0.2, 0.25) is 0 Å². The van der Waals surface area contributed by atoms with Crippen molar-refractivity contribution >= 4 is 21.8 Å². The number of amides is 1. The van der Waals surface area contributed by atoms with Crippen LogP contribution < -0.4 is 5.32 Å². The third kappa shape index (κ3) is 3.78. The Morgan fingerprint density at radius 3 is 2.95 bits per heavy atom. The average Bonchev–Trinajstić information content (AvgIpc) is 2.36. The molecule has 1 saturated carbocycles. The molecule has 0 spiro atoms. The summed E-state index contributed by atoms with van der Waals surface area (Å²) in [5.41, 5.74) is 0.103. The molecule has 0 aromatic heterocycles. The number of carbonyl (C=O) groups excluding carboxylic acids is 1. The van der Waals surface area contributed by atoms with Crippen molar-refractivity contribution in [3.63, 3.8) is 0 Å². The highest BCUT2D eigenvalue weighted by Gasteiger charge is 2.21. The van der Waals surface area contributed by atoms with Gasteiger partial charge >= 0.3 is 0 Å². The van der Waals surface area contributed by atoms with Gasteiger partial charge in [-0.15, -0.1) is 0 Å². The summed E-state index contributed by atoms with van der Waals surface area (Å²) in [6.45, 7) is 2.89. The van der Waals surface area contributed by atoms with E-state index in [4.69, 9.17) is 0 Å². The summed E-state index contributed by atoms with van der Waals surface area (Å²) in [4.78, 5) is 12.0. The lowest BCUT2D eigenvalue weighted by Gasteiger charge is -2.26. The zero-order valence-corrected chi connectivity index (χ0v) is 12.7. The molecule has 4 heteroatoms. The minimum atomic E-state index is -0.483. The normalized spacial score (nSPS) is 23.1. The first kappa shape index (κ1) is 14.5. The molecule has 0 saturated heterocycles. The molecule has 1 aliphatic rings. The Bertz CT molecular complexity index is 443. The third-order valence-electron chi connectivity index (χ3n) is 3.79. The van der Waals surface area contributed by atoms with E-state index >= 15 is 0 Å². The van der Waals surface area contributed by atoms with Crippen molar-refractivity contribution in [2.45, 2.75) is 32.6 Å². The van der Waals surface area contributed by atoms with E-state index in [9.17, 15) is 9.18 Å². The van der Waals surface area contributed by atoms with Gasteiger partial charge in [-0.3, -0.25) is 4.79 Å². The maximum Gasteiger partial charge on any atom is 0.255 e. The van der Waals surface area contributed by atoms with E-state index in [1.807, 2.05) is 0 Å². The highest BCUT2D eigenvalue weighted by atomic mass is 79.9. The first-order valence-corrected chi connectivity index (χ1v) is 7.59. The Morgan fingerprint density at radius 1 is 1.47 bits per heavy atom. The second kappa shape index (κ2) is 6.51. The number of rotatable bonds is 3. The summed E-state index contributed by atoms with van der Waals surface area (Å²) in [7, 11) is 0. The zero-order chi connectivity index (χ0) is 13.8. The standard InChI is InChI=1S/C15H19BrFNO/c1-10-4-2-5-11(8-10)9-18-15(19)14-12(16)6-3-7-13(14)17/h3,6-7,10-11H,2,4-5,8-9H2,1H3,(H,18,19).